The van der Waals surface area contributed by atoms with Gasteiger partial charge >= 0.3 is 0 Å². The van der Waals surface area contributed by atoms with Crippen LogP contribution in [0.1, 0.15) is 25.3 Å². The van der Waals surface area contributed by atoms with E-state index in [9.17, 15) is 5.11 Å². The number of aliphatic hydroxyl groups is 1. The number of hydrogen-bond donors (Lipinski definition) is 2. The monoisotopic (exact) mass is 271 g/mol. The minimum Gasteiger partial charge on any atom is -0.497 e. The fourth-order valence-corrected chi connectivity index (χ4v) is 2.42. The lowest BCUT2D eigenvalue weighted by atomic mass is 9.93. The Bertz CT molecular complexity index is 617. The maximum absolute atomic E-state index is 10.6. The molecule has 2 aromatic rings. The van der Waals surface area contributed by atoms with Crippen molar-refractivity contribution in [2.24, 2.45) is 0 Å². The molecule has 2 N–H and O–H groups in total. The Morgan fingerprint density at radius 1 is 1.20 bits per heavy atom. The number of fused-ring (bicyclic) bond motifs is 1. The smallest absolute Gasteiger partial charge is 0.119 e. The van der Waals surface area contributed by atoms with Gasteiger partial charge in [0.1, 0.15) is 5.75 Å². The molecule has 3 nitrogen and oxygen atoms in total. The molecule has 0 spiro atoms. The Morgan fingerprint density at radius 3 is 2.60 bits per heavy atom. The highest BCUT2D eigenvalue weighted by atomic mass is 16.5. The van der Waals surface area contributed by atoms with E-state index in [0.717, 1.165) is 22.1 Å². The number of rotatable bonds is 5. The molecule has 1 unspecified atom stereocenters. The molecule has 0 aromatic heterocycles. The van der Waals surface area contributed by atoms with Crippen molar-refractivity contribution >= 4 is 10.8 Å². The van der Waals surface area contributed by atoms with Gasteiger partial charge in [0.25, 0.3) is 0 Å². The molecule has 1 aliphatic rings. The van der Waals surface area contributed by atoms with Crippen molar-refractivity contribution in [1.82, 2.24) is 5.32 Å². The molecule has 1 saturated carbocycles. The summed E-state index contributed by atoms with van der Waals surface area (Å²) in [5.41, 5.74) is 0.111. The predicted octanol–water partition coefficient (Wildman–Crippen LogP) is 2.81. The second kappa shape index (κ2) is 5.08. The third-order valence-electron chi connectivity index (χ3n) is 3.98. The Kier molecular flexibility index (Phi) is 3.40. The Morgan fingerprint density at radius 2 is 1.90 bits per heavy atom. The summed E-state index contributed by atoms with van der Waals surface area (Å²) in [5, 5.41) is 16.3. The van der Waals surface area contributed by atoms with Crippen LogP contribution in [0.4, 0.5) is 0 Å². The first-order valence-corrected chi connectivity index (χ1v) is 7.12. The van der Waals surface area contributed by atoms with Crippen molar-refractivity contribution in [2.75, 3.05) is 13.7 Å². The lowest BCUT2D eigenvalue weighted by Gasteiger charge is -2.25. The van der Waals surface area contributed by atoms with Crippen LogP contribution < -0.4 is 10.1 Å². The molecule has 3 heteroatoms. The van der Waals surface area contributed by atoms with Gasteiger partial charge < -0.3 is 15.2 Å². The predicted molar refractivity (Wildman–Crippen MR) is 81.1 cm³/mol. The molecule has 20 heavy (non-hydrogen) atoms. The summed E-state index contributed by atoms with van der Waals surface area (Å²) in [4.78, 5) is 0. The zero-order valence-corrected chi connectivity index (χ0v) is 12.0. The van der Waals surface area contributed by atoms with E-state index in [4.69, 9.17) is 4.74 Å². The van der Waals surface area contributed by atoms with Crippen molar-refractivity contribution in [3.63, 3.8) is 0 Å². The van der Waals surface area contributed by atoms with Crippen LogP contribution in [0.2, 0.25) is 0 Å². The molecule has 106 valence electrons. The van der Waals surface area contributed by atoms with Gasteiger partial charge in [0.05, 0.1) is 12.7 Å². The summed E-state index contributed by atoms with van der Waals surface area (Å²) in [6, 6.07) is 12.7. The zero-order valence-electron chi connectivity index (χ0n) is 12.0. The largest absolute Gasteiger partial charge is 0.497 e. The first-order chi connectivity index (χ1) is 9.58. The van der Waals surface area contributed by atoms with Crippen molar-refractivity contribution in [3.8, 4) is 5.75 Å². The zero-order chi connectivity index (χ0) is 14.2. The van der Waals surface area contributed by atoms with Crippen molar-refractivity contribution in [3.05, 3.63) is 42.0 Å². The summed E-state index contributed by atoms with van der Waals surface area (Å²) >= 11 is 0. The number of methoxy groups -OCH3 is 1. The lowest BCUT2D eigenvalue weighted by molar-refractivity contribution is 0.0567. The Balaban J connectivity index is 1.86. The van der Waals surface area contributed by atoms with Crippen molar-refractivity contribution in [2.45, 2.75) is 31.4 Å². The van der Waals surface area contributed by atoms with Gasteiger partial charge in [-0.1, -0.05) is 18.2 Å². The first-order valence-electron chi connectivity index (χ1n) is 7.12. The van der Waals surface area contributed by atoms with Crippen molar-refractivity contribution < 1.29 is 9.84 Å². The van der Waals surface area contributed by atoms with E-state index in [1.54, 1.807) is 7.11 Å². The van der Waals surface area contributed by atoms with Gasteiger partial charge in [-0.05, 0) is 54.3 Å². The van der Waals surface area contributed by atoms with E-state index in [1.807, 2.05) is 37.3 Å². The summed E-state index contributed by atoms with van der Waals surface area (Å²) in [6.45, 7) is 2.46. The molecule has 3 rings (SSSR count). The van der Waals surface area contributed by atoms with Gasteiger partial charge in [-0.25, -0.2) is 0 Å². The quantitative estimate of drug-likeness (QED) is 0.878. The van der Waals surface area contributed by atoms with E-state index in [1.165, 1.54) is 12.8 Å². The van der Waals surface area contributed by atoms with Gasteiger partial charge in [-0.2, -0.15) is 0 Å². The van der Waals surface area contributed by atoms with Crippen LogP contribution in [-0.4, -0.2) is 24.8 Å². The van der Waals surface area contributed by atoms with Crippen LogP contribution in [0.25, 0.3) is 10.8 Å². The third kappa shape index (κ3) is 2.79. The summed E-state index contributed by atoms with van der Waals surface area (Å²) in [7, 11) is 1.67. The van der Waals surface area contributed by atoms with Gasteiger partial charge in [-0.15, -0.1) is 0 Å². The normalized spacial score (nSPS) is 17.9. The van der Waals surface area contributed by atoms with E-state index in [0.29, 0.717) is 12.6 Å². The van der Waals surface area contributed by atoms with E-state index in [2.05, 4.69) is 11.4 Å². The summed E-state index contributed by atoms with van der Waals surface area (Å²) in [5.74, 6) is 0.854. The van der Waals surface area contributed by atoms with Gasteiger partial charge in [0.15, 0.2) is 0 Å². The summed E-state index contributed by atoms with van der Waals surface area (Å²) in [6.07, 6.45) is 2.46. The number of ether oxygens (including phenoxy) is 1. The van der Waals surface area contributed by atoms with Crippen LogP contribution in [0.3, 0.4) is 0 Å². The highest BCUT2D eigenvalue weighted by molar-refractivity contribution is 5.84. The second-order valence-electron chi connectivity index (χ2n) is 5.86. The molecule has 0 aliphatic heterocycles. The standard InChI is InChI=1S/C17H21NO2/c1-17(19,11-18-15-6-7-15)14-5-3-13-10-16(20-2)8-4-12(13)9-14/h3-5,8-10,15,18-19H,6-7,11H2,1-2H3. The lowest BCUT2D eigenvalue weighted by Crippen LogP contribution is -2.36. The van der Waals surface area contributed by atoms with Gasteiger partial charge in [-0.3, -0.25) is 0 Å². The fraction of sp³-hybridized carbons (Fsp3) is 0.412. The molecule has 0 radical (unpaired) electrons. The molecule has 1 atom stereocenters. The average molecular weight is 271 g/mol. The fourth-order valence-electron chi connectivity index (χ4n) is 2.42. The number of nitrogens with one attached hydrogen (secondary N) is 1. The van der Waals surface area contributed by atoms with E-state index < -0.39 is 5.60 Å². The molecular weight excluding hydrogens is 250 g/mol. The molecule has 0 bridgehead atoms. The highest BCUT2D eigenvalue weighted by Gasteiger charge is 2.28. The Hall–Kier alpha value is -1.58. The second-order valence-corrected chi connectivity index (χ2v) is 5.86. The Labute approximate surface area is 119 Å². The SMILES string of the molecule is COc1ccc2cc(C(C)(O)CNC3CC3)ccc2c1. The van der Waals surface area contributed by atoms with Gasteiger partial charge in [0, 0.05) is 12.6 Å². The molecule has 0 heterocycles. The van der Waals surface area contributed by atoms with Crippen LogP contribution in [-0.2, 0) is 5.60 Å². The minimum atomic E-state index is -0.837. The first kappa shape index (κ1) is 13.4. The van der Waals surface area contributed by atoms with E-state index in [-0.39, 0.29) is 0 Å². The number of hydrogen-bond acceptors (Lipinski definition) is 3. The molecule has 0 amide bonds. The van der Waals surface area contributed by atoms with Gasteiger partial charge in [0.2, 0.25) is 0 Å². The maximum Gasteiger partial charge on any atom is 0.119 e. The molecular formula is C17H21NO2. The van der Waals surface area contributed by atoms with E-state index >= 15 is 0 Å². The highest BCUT2D eigenvalue weighted by Crippen LogP contribution is 2.28. The van der Waals surface area contributed by atoms with Crippen LogP contribution in [0.15, 0.2) is 36.4 Å². The van der Waals surface area contributed by atoms with Crippen LogP contribution in [0.5, 0.6) is 5.75 Å². The van der Waals surface area contributed by atoms with Crippen LogP contribution in [0, 0.1) is 0 Å². The number of benzene rings is 2. The molecule has 0 saturated heterocycles. The topological polar surface area (TPSA) is 41.5 Å². The average Bonchev–Trinajstić information content (AvgIpc) is 3.28. The third-order valence-corrected chi connectivity index (χ3v) is 3.98. The summed E-state index contributed by atoms with van der Waals surface area (Å²) < 4.78 is 5.23. The molecule has 1 aliphatic carbocycles. The maximum atomic E-state index is 10.6. The van der Waals surface area contributed by atoms with Crippen LogP contribution >= 0.6 is 0 Å². The van der Waals surface area contributed by atoms with Crippen molar-refractivity contribution in [1.29, 1.82) is 0 Å². The molecule has 1 fully saturated rings. The molecule has 2 aromatic carbocycles. The minimum absolute atomic E-state index is 0.597.